The third-order valence-corrected chi connectivity index (χ3v) is 5.84. The van der Waals surface area contributed by atoms with Crippen molar-refractivity contribution in [3.05, 3.63) is 64.7 Å². The van der Waals surface area contributed by atoms with Crippen molar-refractivity contribution in [2.24, 2.45) is 0 Å². The number of hydrogen-bond acceptors (Lipinski definition) is 5. The summed E-state index contributed by atoms with van der Waals surface area (Å²) in [4.78, 5) is 55.6. The van der Waals surface area contributed by atoms with Gasteiger partial charge in [0.1, 0.15) is 5.75 Å². The van der Waals surface area contributed by atoms with Gasteiger partial charge >= 0.3 is 0 Å². The van der Waals surface area contributed by atoms with Crippen molar-refractivity contribution in [1.82, 2.24) is 14.7 Å². The molecule has 0 aromatic heterocycles. The van der Waals surface area contributed by atoms with Crippen LogP contribution in [0.3, 0.4) is 0 Å². The summed E-state index contributed by atoms with van der Waals surface area (Å²) in [7, 11) is 0. The fourth-order valence-electron chi connectivity index (χ4n) is 4.19. The fraction of sp³-hybridized carbons (Fsp3) is 0.333. The Labute approximate surface area is 186 Å². The van der Waals surface area contributed by atoms with E-state index in [1.54, 1.807) is 47.9 Å². The molecule has 0 radical (unpaired) electrons. The van der Waals surface area contributed by atoms with Crippen LogP contribution in [0.2, 0.25) is 0 Å². The number of fused-ring (bicyclic) bond motifs is 1. The molecule has 1 fully saturated rings. The fourth-order valence-corrected chi connectivity index (χ4v) is 4.19. The van der Waals surface area contributed by atoms with Crippen LogP contribution in [0.4, 0.5) is 0 Å². The van der Waals surface area contributed by atoms with Crippen LogP contribution in [0, 0.1) is 0 Å². The van der Waals surface area contributed by atoms with Crippen LogP contribution in [0.5, 0.6) is 5.75 Å². The molecule has 0 saturated carbocycles. The zero-order valence-electron chi connectivity index (χ0n) is 18.1. The number of nitrogens with zero attached hydrogens (tertiary/aromatic N) is 3. The molecule has 0 atom stereocenters. The molecule has 2 aliphatic heterocycles. The maximum absolute atomic E-state index is 13.1. The second-order valence-corrected chi connectivity index (χ2v) is 8.32. The van der Waals surface area contributed by atoms with Crippen LogP contribution >= 0.6 is 0 Å². The topological polar surface area (TPSA) is 98.2 Å². The van der Waals surface area contributed by atoms with Gasteiger partial charge in [-0.2, -0.15) is 0 Å². The van der Waals surface area contributed by atoms with E-state index in [1.807, 2.05) is 0 Å². The first-order chi connectivity index (χ1) is 15.3. The molecule has 0 unspecified atom stereocenters. The number of carbonyl (C=O) groups is 4. The number of phenolic OH excluding ortho intramolecular Hbond substituents is 1. The summed E-state index contributed by atoms with van der Waals surface area (Å²) >= 11 is 0. The van der Waals surface area contributed by atoms with Gasteiger partial charge in [-0.3, -0.25) is 24.1 Å². The van der Waals surface area contributed by atoms with Gasteiger partial charge < -0.3 is 14.9 Å². The van der Waals surface area contributed by atoms with Crippen molar-refractivity contribution in [3.8, 4) is 5.75 Å². The van der Waals surface area contributed by atoms with E-state index in [1.165, 1.54) is 23.1 Å². The van der Waals surface area contributed by atoms with E-state index >= 15 is 0 Å². The smallest absolute Gasteiger partial charge is 0.261 e. The Morgan fingerprint density at radius 1 is 0.812 bits per heavy atom. The zero-order valence-corrected chi connectivity index (χ0v) is 18.1. The minimum absolute atomic E-state index is 0.0307. The summed E-state index contributed by atoms with van der Waals surface area (Å²) in [5, 5.41) is 9.63. The maximum atomic E-state index is 13.1. The Morgan fingerprint density at radius 2 is 1.41 bits per heavy atom. The molecule has 166 valence electrons. The van der Waals surface area contributed by atoms with Crippen LogP contribution in [0.1, 0.15) is 61.7 Å². The monoisotopic (exact) mass is 435 g/mol. The van der Waals surface area contributed by atoms with Crippen molar-refractivity contribution < 1.29 is 24.3 Å². The Hall–Kier alpha value is -3.68. The van der Waals surface area contributed by atoms with E-state index < -0.39 is 0 Å². The van der Waals surface area contributed by atoms with Gasteiger partial charge in [-0.05, 0) is 56.7 Å². The average Bonchev–Trinajstić information content (AvgIpc) is 2.92. The van der Waals surface area contributed by atoms with Crippen molar-refractivity contribution in [3.63, 3.8) is 0 Å². The molecule has 0 bridgehead atoms. The molecule has 1 saturated heterocycles. The van der Waals surface area contributed by atoms with Crippen molar-refractivity contribution in [2.75, 3.05) is 26.2 Å². The first-order valence-corrected chi connectivity index (χ1v) is 10.7. The van der Waals surface area contributed by atoms with Crippen LogP contribution < -0.4 is 0 Å². The highest BCUT2D eigenvalue weighted by Gasteiger charge is 2.37. The summed E-state index contributed by atoms with van der Waals surface area (Å²) in [5.41, 5.74) is 1.33. The normalized spacial score (nSPS) is 16.4. The van der Waals surface area contributed by atoms with Crippen LogP contribution in [0.25, 0.3) is 0 Å². The predicted molar refractivity (Wildman–Crippen MR) is 117 cm³/mol. The summed E-state index contributed by atoms with van der Waals surface area (Å²) < 4.78 is 0. The zero-order chi connectivity index (χ0) is 23.0. The van der Waals surface area contributed by atoms with E-state index in [4.69, 9.17) is 0 Å². The number of phenols is 1. The third-order valence-electron chi connectivity index (χ3n) is 5.84. The molecule has 0 aliphatic carbocycles. The van der Waals surface area contributed by atoms with Gasteiger partial charge in [-0.25, -0.2) is 0 Å². The van der Waals surface area contributed by atoms with Gasteiger partial charge in [-0.1, -0.05) is 6.07 Å². The molecule has 2 heterocycles. The van der Waals surface area contributed by atoms with Gasteiger partial charge in [0.25, 0.3) is 23.6 Å². The first-order valence-electron chi connectivity index (χ1n) is 10.7. The molecule has 8 heteroatoms. The van der Waals surface area contributed by atoms with Gasteiger partial charge in [0.2, 0.25) is 0 Å². The lowest BCUT2D eigenvalue weighted by atomic mass is 10.0. The van der Waals surface area contributed by atoms with E-state index in [-0.39, 0.29) is 41.0 Å². The highest BCUT2D eigenvalue weighted by Crippen LogP contribution is 2.26. The van der Waals surface area contributed by atoms with Crippen LogP contribution in [-0.4, -0.2) is 75.7 Å². The van der Waals surface area contributed by atoms with Crippen molar-refractivity contribution in [1.29, 1.82) is 0 Å². The lowest BCUT2D eigenvalue weighted by Gasteiger charge is -2.22. The number of amides is 4. The average molecular weight is 435 g/mol. The van der Waals surface area contributed by atoms with Crippen molar-refractivity contribution in [2.45, 2.75) is 26.3 Å². The summed E-state index contributed by atoms with van der Waals surface area (Å²) in [6, 6.07) is 10.6. The molecule has 2 aromatic rings. The van der Waals surface area contributed by atoms with Gasteiger partial charge in [0.05, 0.1) is 11.1 Å². The largest absolute Gasteiger partial charge is 0.508 e. The molecule has 32 heavy (non-hydrogen) atoms. The molecule has 8 nitrogen and oxygen atoms in total. The Kier molecular flexibility index (Phi) is 5.69. The quantitative estimate of drug-likeness (QED) is 0.747. The van der Waals surface area contributed by atoms with E-state index in [0.717, 1.165) is 0 Å². The Morgan fingerprint density at radius 3 is 2.00 bits per heavy atom. The lowest BCUT2D eigenvalue weighted by Crippen LogP contribution is -2.37. The Balaban J connectivity index is 1.48. The second-order valence-electron chi connectivity index (χ2n) is 8.32. The number of aromatic hydroxyl groups is 1. The van der Waals surface area contributed by atoms with Gasteiger partial charge in [-0.15, -0.1) is 0 Å². The van der Waals surface area contributed by atoms with Crippen LogP contribution in [-0.2, 0) is 0 Å². The summed E-state index contributed by atoms with van der Waals surface area (Å²) in [6.45, 7) is 5.24. The minimum atomic E-state index is -0.381. The molecule has 4 amide bonds. The van der Waals surface area contributed by atoms with E-state index in [9.17, 15) is 24.3 Å². The number of carbonyl (C=O) groups excluding carboxylic acids is 4. The lowest BCUT2D eigenvalue weighted by molar-refractivity contribution is 0.0608. The number of benzene rings is 2. The molecule has 1 N–H and O–H groups in total. The third kappa shape index (κ3) is 3.84. The molecule has 2 aromatic carbocycles. The molecule has 0 spiro atoms. The maximum Gasteiger partial charge on any atom is 0.261 e. The molecule has 4 rings (SSSR count). The second kappa shape index (κ2) is 8.45. The standard InChI is InChI=1S/C24H25N3O5/c1-15(2)27-23(31)19-8-7-17(14-20(19)24(27)32)22(30)26-10-4-9-25(11-12-26)21(29)16-5-3-6-18(28)13-16/h3,5-8,13-15,28H,4,9-12H2,1-2H3. The first kappa shape index (κ1) is 21.5. The van der Waals surface area contributed by atoms with E-state index in [0.29, 0.717) is 49.3 Å². The number of imide groups is 1. The summed E-state index contributed by atoms with van der Waals surface area (Å²) in [5.74, 6) is -1.11. The van der Waals surface area contributed by atoms with E-state index in [2.05, 4.69) is 0 Å². The number of rotatable bonds is 3. The molecular weight excluding hydrogens is 410 g/mol. The predicted octanol–water partition coefficient (Wildman–Crippen LogP) is 2.38. The molecular formula is C24H25N3O5. The Bertz CT molecular complexity index is 1110. The number of hydrogen-bond donors (Lipinski definition) is 1. The highest BCUT2D eigenvalue weighted by molar-refractivity contribution is 6.22. The minimum Gasteiger partial charge on any atom is -0.508 e. The van der Waals surface area contributed by atoms with Gasteiger partial charge in [0.15, 0.2) is 0 Å². The van der Waals surface area contributed by atoms with Gasteiger partial charge in [0, 0.05) is 43.3 Å². The van der Waals surface area contributed by atoms with Crippen molar-refractivity contribution >= 4 is 23.6 Å². The highest BCUT2D eigenvalue weighted by atomic mass is 16.3. The van der Waals surface area contributed by atoms with Crippen LogP contribution in [0.15, 0.2) is 42.5 Å². The summed E-state index contributed by atoms with van der Waals surface area (Å²) in [6.07, 6.45) is 0.611. The SMILES string of the molecule is CC(C)N1C(=O)c2ccc(C(=O)N3CCCN(C(=O)c4cccc(O)c4)CC3)cc2C1=O. The molecule has 2 aliphatic rings.